The molecule has 0 bridgehead atoms. The summed E-state index contributed by atoms with van der Waals surface area (Å²) in [7, 11) is 0. The minimum Gasteiger partial charge on any atom is -0.310 e. The van der Waals surface area contributed by atoms with E-state index in [1.165, 1.54) is 32.1 Å². The summed E-state index contributed by atoms with van der Waals surface area (Å²) in [4.78, 5) is 0. The van der Waals surface area contributed by atoms with Crippen LogP contribution in [0.4, 0.5) is 0 Å². The number of benzene rings is 1. The fraction of sp³-hybridized carbons (Fsp3) is 0.562. The molecule has 1 fully saturated rings. The van der Waals surface area contributed by atoms with Gasteiger partial charge in [-0.1, -0.05) is 37.5 Å². The number of nitrogens with zero attached hydrogens (tertiary/aromatic N) is 1. The molecule has 2 heteroatoms. The Kier molecular flexibility index (Phi) is 4.78. The summed E-state index contributed by atoms with van der Waals surface area (Å²) >= 11 is 0. The molecule has 1 aliphatic carbocycles. The van der Waals surface area contributed by atoms with Crippen LogP contribution in [0, 0.1) is 17.2 Å². The molecule has 0 unspecified atom stereocenters. The smallest absolute Gasteiger partial charge is 0.0995 e. The van der Waals surface area contributed by atoms with Gasteiger partial charge in [0.2, 0.25) is 0 Å². The standard InChI is InChI=1S/C16H22N2/c1-13(14-7-3-2-4-8-14)18-12-16-10-6-5-9-15(16)11-17/h5-6,9-10,13-14,18H,2-4,7-8,12H2,1H3/t13-/m1/s1. The first-order valence-electron chi connectivity index (χ1n) is 7.02. The van der Waals surface area contributed by atoms with E-state index in [0.717, 1.165) is 23.6 Å². The number of hydrogen-bond donors (Lipinski definition) is 1. The first kappa shape index (κ1) is 13.1. The Labute approximate surface area is 110 Å². The van der Waals surface area contributed by atoms with Crippen molar-refractivity contribution in [2.75, 3.05) is 0 Å². The van der Waals surface area contributed by atoms with Gasteiger partial charge in [-0.15, -0.1) is 0 Å². The van der Waals surface area contributed by atoms with E-state index in [1.807, 2.05) is 24.3 Å². The molecule has 1 aliphatic rings. The first-order valence-corrected chi connectivity index (χ1v) is 7.02. The second-order valence-electron chi connectivity index (χ2n) is 5.34. The lowest BCUT2D eigenvalue weighted by Crippen LogP contribution is -2.34. The zero-order valence-electron chi connectivity index (χ0n) is 11.2. The first-order chi connectivity index (χ1) is 8.81. The van der Waals surface area contributed by atoms with Crippen molar-refractivity contribution in [2.45, 2.75) is 51.6 Å². The molecule has 0 spiro atoms. The van der Waals surface area contributed by atoms with Gasteiger partial charge in [-0.05, 0) is 37.3 Å². The van der Waals surface area contributed by atoms with E-state index in [2.05, 4.69) is 18.3 Å². The van der Waals surface area contributed by atoms with Crippen molar-refractivity contribution in [3.63, 3.8) is 0 Å². The van der Waals surface area contributed by atoms with Crippen LogP contribution in [0.3, 0.4) is 0 Å². The van der Waals surface area contributed by atoms with E-state index in [1.54, 1.807) is 0 Å². The molecule has 2 rings (SSSR count). The Morgan fingerprint density at radius 3 is 2.72 bits per heavy atom. The van der Waals surface area contributed by atoms with Crippen molar-refractivity contribution in [2.24, 2.45) is 5.92 Å². The second-order valence-corrected chi connectivity index (χ2v) is 5.34. The van der Waals surface area contributed by atoms with E-state index in [-0.39, 0.29) is 0 Å². The average Bonchev–Trinajstić information content (AvgIpc) is 2.46. The molecule has 0 aliphatic heterocycles. The van der Waals surface area contributed by atoms with Crippen molar-refractivity contribution >= 4 is 0 Å². The highest BCUT2D eigenvalue weighted by atomic mass is 14.9. The molecule has 1 saturated carbocycles. The SMILES string of the molecule is C[C@@H](NCc1ccccc1C#N)C1CCCCC1. The van der Waals surface area contributed by atoms with E-state index in [0.29, 0.717) is 6.04 Å². The zero-order valence-corrected chi connectivity index (χ0v) is 11.2. The summed E-state index contributed by atoms with van der Waals surface area (Å²) < 4.78 is 0. The Bertz CT molecular complexity index is 413. The monoisotopic (exact) mass is 242 g/mol. The van der Waals surface area contributed by atoms with Gasteiger partial charge in [-0.25, -0.2) is 0 Å². The quantitative estimate of drug-likeness (QED) is 0.875. The topological polar surface area (TPSA) is 35.8 Å². The van der Waals surface area contributed by atoms with Gasteiger partial charge in [0, 0.05) is 12.6 Å². The third-order valence-electron chi connectivity index (χ3n) is 4.11. The van der Waals surface area contributed by atoms with Crippen LogP contribution in [0.15, 0.2) is 24.3 Å². The van der Waals surface area contributed by atoms with E-state index < -0.39 is 0 Å². The second kappa shape index (κ2) is 6.56. The van der Waals surface area contributed by atoms with Gasteiger partial charge >= 0.3 is 0 Å². The fourth-order valence-electron chi connectivity index (χ4n) is 2.86. The third-order valence-corrected chi connectivity index (χ3v) is 4.11. The minimum absolute atomic E-state index is 0.553. The lowest BCUT2D eigenvalue weighted by atomic mass is 9.84. The van der Waals surface area contributed by atoms with E-state index >= 15 is 0 Å². The van der Waals surface area contributed by atoms with Crippen molar-refractivity contribution in [1.29, 1.82) is 5.26 Å². The number of nitrogens with one attached hydrogen (secondary N) is 1. The highest BCUT2D eigenvalue weighted by Gasteiger charge is 2.19. The molecule has 0 aromatic heterocycles. The molecular formula is C16H22N2. The van der Waals surface area contributed by atoms with Gasteiger partial charge in [0.05, 0.1) is 11.6 Å². The highest BCUT2D eigenvalue weighted by Crippen LogP contribution is 2.26. The molecule has 0 radical (unpaired) electrons. The Morgan fingerprint density at radius 1 is 1.28 bits per heavy atom. The van der Waals surface area contributed by atoms with Crippen LogP contribution >= 0.6 is 0 Å². The molecule has 0 amide bonds. The van der Waals surface area contributed by atoms with Gasteiger partial charge in [0.15, 0.2) is 0 Å². The maximum absolute atomic E-state index is 9.05. The van der Waals surface area contributed by atoms with Crippen LogP contribution < -0.4 is 5.32 Å². The molecular weight excluding hydrogens is 220 g/mol. The van der Waals surface area contributed by atoms with Crippen molar-refractivity contribution in [3.05, 3.63) is 35.4 Å². The minimum atomic E-state index is 0.553. The number of rotatable bonds is 4. The normalized spacial score (nSPS) is 18.2. The molecule has 2 nitrogen and oxygen atoms in total. The molecule has 1 aromatic carbocycles. The van der Waals surface area contributed by atoms with Gasteiger partial charge in [-0.2, -0.15) is 5.26 Å². The van der Waals surface area contributed by atoms with E-state index in [4.69, 9.17) is 5.26 Å². The fourth-order valence-corrected chi connectivity index (χ4v) is 2.86. The Balaban J connectivity index is 1.88. The molecule has 0 saturated heterocycles. The maximum Gasteiger partial charge on any atom is 0.0995 e. The van der Waals surface area contributed by atoms with Crippen LogP contribution in [0.2, 0.25) is 0 Å². The van der Waals surface area contributed by atoms with E-state index in [9.17, 15) is 0 Å². The van der Waals surface area contributed by atoms with Crippen LogP contribution in [0.25, 0.3) is 0 Å². The summed E-state index contributed by atoms with van der Waals surface area (Å²) in [5.41, 5.74) is 1.91. The highest BCUT2D eigenvalue weighted by molar-refractivity contribution is 5.37. The molecule has 1 aromatic rings. The molecule has 96 valence electrons. The maximum atomic E-state index is 9.05. The van der Waals surface area contributed by atoms with Gasteiger partial charge < -0.3 is 5.32 Å². The molecule has 1 atom stereocenters. The molecule has 0 heterocycles. The van der Waals surface area contributed by atoms with Gasteiger partial charge in [0.1, 0.15) is 0 Å². The number of hydrogen-bond acceptors (Lipinski definition) is 2. The molecule has 18 heavy (non-hydrogen) atoms. The lowest BCUT2D eigenvalue weighted by molar-refractivity contribution is 0.280. The van der Waals surface area contributed by atoms with Gasteiger partial charge in [-0.3, -0.25) is 0 Å². The number of nitriles is 1. The third kappa shape index (κ3) is 3.34. The Morgan fingerprint density at radius 2 is 2.00 bits per heavy atom. The summed E-state index contributed by atoms with van der Waals surface area (Å²) in [5.74, 6) is 0.813. The lowest BCUT2D eigenvalue weighted by Gasteiger charge is -2.28. The summed E-state index contributed by atoms with van der Waals surface area (Å²) in [6.07, 6.45) is 6.87. The zero-order chi connectivity index (χ0) is 12.8. The van der Waals surface area contributed by atoms with Crippen LogP contribution in [-0.4, -0.2) is 6.04 Å². The summed E-state index contributed by atoms with van der Waals surface area (Å²) in [6, 6.07) is 10.7. The van der Waals surface area contributed by atoms with Crippen molar-refractivity contribution in [3.8, 4) is 6.07 Å². The largest absolute Gasteiger partial charge is 0.310 e. The van der Waals surface area contributed by atoms with Gasteiger partial charge in [0.25, 0.3) is 0 Å². The summed E-state index contributed by atoms with van der Waals surface area (Å²) in [6.45, 7) is 3.09. The predicted molar refractivity (Wildman–Crippen MR) is 74.0 cm³/mol. The summed E-state index contributed by atoms with van der Waals surface area (Å²) in [5, 5.41) is 12.6. The van der Waals surface area contributed by atoms with Crippen LogP contribution in [0.5, 0.6) is 0 Å². The van der Waals surface area contributed by atoms with Crippen LogP contribution in [0.1, 0.15) is 50.2 Å². The van der Waals surface area contributed by atoms with Crippen molar-refractivity contribution in [1.82, 2.24) is 5.32 Å². The predicted octanol–water partition coefficient (Wildman–Crippen LogP) is 3.62. The van der Waals surface area contributed by atoms with Crippen molar-refractivity contribution < 1.29 is 0 Å². The molecule has 1 N–H and O–H groups in total. The average molecular weight is 242 g/mol. The Hall–Kier alpha value is -1.33. The van der Waals surface area contributed by atoms with Crippen LogP contribution in [-0.2, 0) is 6.54 Å².